The van der Waals surface area contributed by atoms with Crippen molar-refractivity contribution in [3.05, 3.63) is 47.3 Å². The van der Waals surface area contributed by atoms with Crippen LogP contribution in [0.3, 0.4) is 0 Å². The van der Waals surface area contributed by atoms with Gasteiger partial charge in [-0.05, 0) is 23.5 Å². The van der Waals surface area contributed by atoms with Crippen molar-refractivity contribution in [2.45, 2.75) is 31.9 Å². The van der Waals surface area contributed by atoms with Crippen LogP contribution in [0.5, 0.6) is 0 Å². The molecule has 0 bridgehead atoms. The molecule has 2 aliphatic heterocycles. The average molecular weight is 469 g/mol. The molecule has 0 atom stereocenters. The Kier molecular flexibility index (Phi) is 5.43. The highest BCUT2D eigenvalue weighted by atomic mass is 32.2. The number of sulfone groups is 1. The number of hydrogen-bond acceptors (Lipinski definition) is 6. The first-order valence-electron chi connectivity index (χ1n) is 10.2. The maximum Gasteiger partial charge on any atom is 0.434 e. The number of carbonyl (C=O) groups excluding carboxylic acids is 1. The number of hydrogen-bond donors (Lipinski definition) is 0. The number of aromatic nitrogens is 2. The lowest BCUT2D eigenvalue weighted by Crippen LogP contribution is -2.44. The smallest absolute Gasteiger partial charge is 0.336 e. The van der Waals surface area contributed by atoms with Gasteiger partial charge in [-0.2, -0.15) is 13.2 Å². The molecular weight excluding hydrogens is 445 g/mol. The molecule has 1 aromatic heterocycles. The molecule has 0 radical (unpaired) electrons. The van der Waals surface area contributed by atoms with Crippen LogP contribution in [0.4, 0.5) is 24.8 Å². The van der Waals surface area contributed by atoms with E-state index in [1.807, 2.05) is 18.2 Å². The first-order chi connectivity index (χ1) is 14.9. The highest BCUT2D eigenvalue weighted by molar-refractivity contribution is 7.91. The van der Waals surface area contributed by atoms with Gasteiger partial charge in [-0.15, -0.1) is 0 Å². The van der Waals surface area contributed by atoms with Gasteiger partial charge in [0.25, 0.3) is 5.91 Å². The summed E-state index contributed by atoms with van der Waals surface area (Å²) in [6.07, 6.45) is -3.28. The van der Waals surface area contributed by atoms with Crippen LogP contribution in [0.15, 0.2) is 30.5 Å². The van der Waals surface area contributed by atoms with Crippen molar-refractivity contribution < 1.29 is 26.4 Å². The third kappa shape index (κ3) is 4.17. The summed E-state index contributed by atoms with van der Waals surface area (Å²) >= 11 is 0. The number of benzene rings is 1. The van der Waals surface area contributed by atoms with Crippen molar-refractivity contribution in [3.8, 4) is 0 Å². The zero-order valence-corrected chi connectivity index (χ0v) is 18.5. The molecule has 11 heteroatoms. The minimum absolute atomic E-state index is 0.127. The van der Waals surface area contributed by atoms with E-state index >= 15 is 0 Å². The highest BCUT2D eigenvalue weighted by Gasteiger charge is 2.41. The zero-order chi connectivity index (χ0) is 23.3. The van der Waals surface area contributed by atoms with Gasteiger partial charge >= 0.3 is 6.18 Å². The lowest BCUT2D eigenvalue weighted by Gasteiger charge is -2.39. The van der Waals surface area contributed by atoms with Gasteiger partial charge in [0, 0.05) is 31.5 Å². The first kappa shape index (κ1) is 22.5. The fourth-order valence-electron chi connectivity index (χ4n) is 4.10. The first-order valence-corrected chi connectivity index (χ1v) is 12.0. The molecule has 3 heterocycles. The molecule has 1 amide bonds. The fraction of sp³-hybridized carbons (Fsp3) is 0.476. The summed E-state index contributed by atoms with van der Waals surface area (Å²) in [7, 11) is -3.28. The standard InChI is InChI=1S/C21H23F3N4O3S/c1-20(2)7-8-28(16-6-4-3-5-15(16)20)19-25-13-14(17(26-19)21(22,23)24)18(29)27-9-11-32(30,31)12-10-27/h3-6,13H,7-12H2,1-2H3. The predicted molar refractivity (Wildman–Crippen MR) is 113 cm³/mol. The molecule has 1 fully saturated rings. The third-order valence-corrected chi connectivity index (χ3v) is 7.64. The summed E-state index contributed by atoms with van der Waals surface area (Å²) in [6.45, 7) is 4.26. The third-order valence-electron chi connectivity index (χ3n) is 6.03. The van der Waals surface area contributed by atoms with E-state index in [0.717, 1.165) is 22.3 Å². The minimum atomic E-state index is -4.88. The van der Waals surface area contributed by atoms with Crippen molar-refractivity contribution >= 4 is 27.4 Å². The van der Waals surface area contributed by atoms with Gasteiger partial charge in [0.1, 0.15) is 0 Å². The Morgan fingerprint density at radius 2 is 1.75 bits per heavy atom. The molecule has 0 unspecified atom stereocenters. The minimum Gasteiger partial charge on any atom is -0.336 e. The van der Waals surface area contributed by atoms with E-state index in [1.165, 1.54) is 0 Å². The fourth-order valence-corrected chi connectivity index (χ4v) is 5.30. The maximum atomic E-state index is 13.9. The molecule has 1 saturated heterocycles. The number of para-hydroxylation sites is 1. The Morgan fingerprint density at radius 1 is 1.09 bits per heavy atom. The Morgan fingerprint density at radius 3 is 2.41 bits per heavy atom. The van der Waals surface area contributed by atoms with Crippen LogP contribution in [-0.2, 0) is 21.4 Å². The van der Waals surface area contributed by atoms with Gasteiger partial charge in [0.05, 0.1) is 17.1 Å². The molecule has 2 aliphatic rings. The number of alkyl halides is 3. The van der Waals surface area contributed by atoms with Crippen LogP contribution in [0.2, 0.25) is 0 Å². The van der Waals surface area contributed by atoms with Crippen LogP contribution in [-0.4, -0.2) is 60.3 Å². The predicted octanol–water partition coefficient (Wildman–Crippen LogP) is 3.19. The van der Waals surface area contributed by atoms with Gasteiger partial charge in [-0.25, -0.2) is 18.4 Å². The van der Waals surface area contributed by atoms with Crippen LogP contribution < -0.4 is 4.90 Å². The molecular formula is C21H23F3N4O3S. The number of halogens is 3. The summed E-state index contributed by atoms with van der Waals surface area (Å²) in [6, 6.07) is 7.45. The highest BCUT2D eigenvalue weighted by Crippen LogP contribution is 2.42. The van der Waals surface area contributed by atoms with E-state index in [2.05, 4.69) is 23.8 Å². The average Bonchev–Trinajstić information content (AvgIpc) is 2.72. The van der Waals surface area contributed by atoms with E-state index in [-0.39, 0.29) is 36.0 Å². The number of nitrogens with zero attached hydrogens (tertiary/aromatic N) is 4. The maximum absolute atomic E-state index is 13.9. The lowest BCUT2D eigenvalue weighted by molar-refractivity contribution is -0.141. The summed E-state index contributed by atoms with van der Waals surface area (Å²) in [5, 5.41) is 0. The van der Waals surface area contributed by atoms with Crippen molar-refractivity contribution in [1.82, 2.24) is 14.9 Å². The number of carbonyl (C=O) groups is 1. The molecule has 1 aromatic carbocycles. The van der Waals surface area contributed by atoms with Gasteiger partial charge in [0.15, 0.2) is 15.5 Å². The largest absolute Gasteiger partial charge is 0.434 e. The lowest BCUT2D eigenvalue weighted by atomic mass is 9.78. The van der Waals surface area contributed by atoms with Crippen molar-refractivity contribution in [1.29, 1.82) is 0 Å². The molecule has 32 heavy (non-hydrogen) atoms. The molecule has 7 nitrogen and oxygen atoms in total. The topological polar surface area (TPSA) is 83.5 Å². The molecule has 2 aromatic rings. The summed E-state index contributed by atoms with van der Waals surface area (Å²) in [5.41, 5.74) is -0.422. The SMILES string of the molecule is CC1(C)CCN(c2ncc(C(=O)N3CCS(=O)(=O)CC3)c(C(F)(F)F)n2)c2ccccc21. The van der Waals surface area contributed by atoms with Crippen molar-refractivity contribution in [2.75, 3.05) is 36.0 Å². The quantitative estimate of drug-likeness (QED) is 0.673. The van der Waals surface area contributed by atoms with Crippen LogP contribution in [0.1, 0.15) is 41.9 Å². The van der Waals surface area contributed by atoms with E-state index in [4.69, 9.17) is 0 Å². The zero-order valence-electron chi connectivity index (χ0n) is 17.7. The van der Waals surface area contributed by atoms with E-state index < -0.39 is 33.2 Å². The second kappa shape index (κ2) is 7.72. The molecule has 4 rings (SSSR count). The monoisotopic (exact) mass is 468 g/mol. The number of fused-ring (bicyclic) bond motifs is 1. The van der Waals surface area contributed by atoms with Gasteiger partial charge in [0.2, 0.25) is 5.95 Å². The van der Waals surface area contributed by atoms with Crippen LogP contribution >= 0.6 is 0 Å². The molecule has 0 N–H and O–H groups in total. The van der Waals surface area contributed by atoms with Crippen molar-refractivity contribution in [3.63, 3.8) is 0 Å². The number of rotatable bonds is 2. The number of anilines is 2. The summed E-state index contributed by atoms with van der Waals surface area (Å²) < 4.78 is 64.9. The van der Waals surface area contributed by atoms with Gasteiger partial charge < -0.3 is 9.80 Å². The Bertz CT molecular complexity index is 1150. The van der Waals surface area contributed by atoms with Gasteiger partial charge in [-0.3, -0.25) is 4.79 Å². The second-order valence-electron chi connectivity index (χ2n) is 8.68. The molecule has 0 saturated carbocycles. The molecule has 0 spiro atoms. The van der Waals surface area contributed by atoms with E-state index in [9.17, 15) is 26.4 Å². The van der Waals surface area contributed by atoms with Crippen LogP contribution in [0, 0.1) is 0 Å². The molecule has 172 valence electrons. The van der Waals surface area contributed by atoms with E-state index in [1.54, 1.807) is 11.0 Å². The Balaban J connectivity index is 1.72. The number of amides is 1. The van der Waals surface area contributed by atoms with Crippen molar-refractivity contribution in [2.24, 2.45) is 0 Å². The Hall–Kier alpha value is -2.69. The van der Waals surface area contributed by atoms with Crippen LogP contribution in [0.25, 0.3) is 0 Å². The normalized spacial score (nSPS) is 20.0. The molecule has 0 aliphatic carbocycles. The van der Waals surface area contributed by atoms with E-state index in [0.29, 0.717) is 13.0 Å². The Labute approximate surface area is 184 Å². The summed E-state index contributed by atoms with van der Waals surface area (Å²) in [4.78, 5) is 23.4. The second-order valence-corrected chi connectivity index (χ2v) is 11.0. The summed E-state index contributed by atoms with van der Waals surface area (Å²) in [5.74, 6) is -1.60. The van der Waals surface area contributed by atoms with Gasteiger partial charge in [-0.1, -0.05) is 32.0 Å².